The summed E-state index contributed by atoms with van der Waals surface area (Å²) in [6.07, 6.45) is 0. The molecule has 19 heavy (non-hydrogen) atoms. The van der Waals surface area contributed by atoms with Crippen molar-refractivity contribution in [1.82, 2.24) is 0 Å². The quantitative estimate of drug-likeness (QED) is 0.758. The highest BCUT2D eigenvalue weighted by molar-refractivity contribution is 6.06. The number of benzene rings is 2. The standard InChI is InChI=1S/C17H17NO/c1-13(2)17(19)18(3)16-12-8-7-11-15(16)14-9-5-4-6-10-14/h4-12H,1H2,2-3H3. The van der Waals surface area contributed by atoms with Crippen molar-refractivity contribution in [2.75, 3.05) is 11.9 Å². The van der Waals surface area contributed by atoms with Gasteiger partial charge < -0.3 is 4.90 Å². The van der Waals surface area contributed by atoms with Crippen molar-refractivity contribution in [3.05, 3.63) is 66.7 Å². The van der Waals surface area contributed by atoms with Crippen molar-refractivity contribution in [2.45, 2.75) is 6.92 Å². The second-order valence-corrected chi connectivity index (χ2v) is 4.53. The highest BCUT2D eigenvalue weighted by Gasteiger charge is 2.15. The SMILES string of the molecule is C=C(C)C(=O)N(C)c1ccccc1-c1ccccc1. The Kier molecular flexibility index (Phi) is 3.81. The minimum absolute atomic E-state index is 0.0663. The van der Waals surface area contributed by atoms with Crippen LogP contribution in [0, 0.1) is 0 Å². The first-order valence-corrected chi connectivity index (χ1v) is 6.19. The fourth-order valence-corrected chi connectivity index (χ4v) is 2.02. The van der Waals surface area contributed by atoms with E-state index < -0.39 is 0 Å². The van der Waals surface area contributed by atoms with Gasteiger partial charge >= 0.3 is 0 Å². The zero-order chi connectivity index (χ0) is 13.8. The van der Waals surface area contributed by atoms with Gasteiger partial charge in [0, 0.05) is 18.2 Å². The first kappa shape index (κ1) is 13.1. The van der Waals surface area contributed by atoms with E-state index in [0.29, 0.717) is 5.57 Å². The molecule has 0 heterocycles. The molecular weight excluding hydrogens is 234 g/mol. The fraction of sp³-hybridized carbons (Fsp3) is 0.118. The molecule has 2 rings (SSSR count). The van der Waals surface area contributed by atoms with Crippen LogP contribution in [0.5, 0.6) is 0 Å². The second-order valence-electron chi connectivity index (χ2n) is 4.53. The fourth-order valence-electron chi connectivity index (χ4n) is 2.02. The monoisotopic (exact) mass is 251 g/mol. The van der Waals surface area contributed by atoms with Gasteiger partial charge in [-0.2, -0.15) is 0 Å². The van der Waals surface area contributed by atoms with Crippen molar-refractivity contribution >= 4 is 11.6 Å². The molecule has 0 aromatic heterocycles. The summed E-state index contributed by atoms with van der Waals surface area (Å²) in [4.78, 5) is 13.7. The molecule has 2 nitrogen and oxygen atoms in total. The van der Waals surface area contributed by atoms with Crippen molar-refractivity contribution in [1.29, 1.82) is 0 Å². The number of nitrogens with zero attached hydrogens (tertiary/aromatic N) is 1. The minimum Gasteiger partial charge on any atom is -0.311 e. The van der Waals surface area contributed by atoms with Crippen molar-refractivity contribution in [3.63, 3.8) is 0 Å². The lowest BCUT2D eigenvalue weighted by Crippen LogP contribution is -2.26. The van der Waals surface area contributed by atoms with Crippen LogP contribution in [0.3, 0.4) is 0 Å². The van der Waals surface area contributed by atoms with Gasteiger partial charge in [-0.3, -0.25) is 4.79 Å². The summed E-state index contributed by atoms with van der Waals surface area (Å²) in [5.74, 6) is -0.0663. The lowest BCUT2D eigenvalue weighted by Gasteiger charge is -2.21. The maximum atomic E-state index is 12.1. The van der Waals surface area contributed by atoms with E-state index in [1.54, 1.807) is 18.9 Å². The predicted molar refractivity (Wildman–Crippen MR) is 80.1 cm³/mol. The number of amides is 1. The molecule has 1 amide bonds. The zero-order valence-electron chi connectivity index (χ0n) is 11.3. The van der Waals surface area contributed by atoms with Gasteiger partial charge in [-0.1, -0.05) is 55.1 Å². The summed E-state index contributed by atoms with van der Waals surface area (Å²) in [5.41, 5.74) is 3.56. The van der Waals surface area contributed by atoms with Gasteiger partial charge in [-0.25, -0.2) is 0 Å². The summed E-state index contributed by atoms with van der Waals surface area (Å²) in [5, 5.41) is 0. The Hall–Kier alpha value is -2.35. The van der Waals surface area contributed by atoms with Crippen LogP contribution in [-0.4, -0.2) is 13.0 Å². The molecule has 2 aromatic rings. The summed E-state index contributed by atoms with van der Waals surface area (Å²) >= 11 is 0. The van der Waals surface area contributed by atoms with Crippen LogP contribution < -0.4 is 4.90 Å². The van der Waals surface area contributed by atoms with E-state index in [2.05, 4.69) is 6.58 Å². The van der Waals surface area contributed by atoms with Crippen LogP contribution in [0.4, 0.5) is 5.69 Å². The number of hydrogen-bond acceptors (Lipinski definition) is 1. The van der Waals surface area contributed by atoms with Crippen molar-refractivity contribution in [2.24, 2.45) is 0 Å². The third-order valence-electron chi connectivity index (χ3n) is 3.02. The van der Waals surface area contributed by atoms with Gasteiger partial charge in [0.25, 0.3) is 5.91 Å². The molecule has 2 heteroatoms. The van der Waals surface area contributed by atoms with Gasteiger partial charge in [-0.05, 0) is 18.6 Å². The van der Waals surface area contributed by atoms with E-state index in [-0.39, 0.29) is 5.91 Å². The number of rotatable bonds is 3. The Labute approximate surface area is 114 Å². The number of likely N-dealkylation sites (N-methyl/N-ethyl adjacent to an activating group) is 1. The van der Waals surface area contributed by atoms with Crippen LogP contribution in [0.1, 0.15) is 6.92 Å². The predicted octanol–water partition coefficient (Wildman–Crippen LogP) is 3.89. The summed E-state index contributed by atoms with van der Waals surface area (Å²) in [6, 6.07) is 17.9. The van der Waals surface area contributed by atoms with Crippen LogP contribution in [0.15, 0.2) is 66.7 Å². The number of anilines is 1. The third-order valence-corrected chi connectivity index (χ3v) is 3.02. The molecule has 0 N–H and O–H groups in total. The Bertz CT molecular complexity index is 602. The van der Waals surface area contributed by atoms with Gasteiger partial charge in [0.2, 0.25) is 0 Å². The maximum Gasteiger partial charge on any atom is 0.253 e. The summed E-state index contributed by atoms with van der Waals surface area (Å²) in [7, 11) is 1.78. The molecule has 0 aliphatic carbocycles. The smallest absolute Gasteiger partial charge is 0.253 e. The normalized spacial score (nSPS) is 10.0. The molecule has 0 aliphatic rings. The number of carbonyl (C=O) groups is 1. The Morgan fingerprint density at radius 1 is 1.00 bits per heavy atom. The lowest BCUT2D eigenvalue weighted by molar-refractivity contribution is -0.114. The molecule has 0 aliphatic heterocycles. The lowest BCUT2D eigenvalue weighted by atomic mass is 10.0. The average molecular weight is 251 g/mol. The minimum atomic E-state index is -0.0663. The van der Waals surface area contributed by atoms with E-state index in [1.807, 2.05) is 54.6 Å². The van der Waals surface area contributed by atoms with E-state index in [1.165, 1.54) is 0 Å². The van der Waals surface area contributed by atoms with Gasteiger partial charge in [0.15, 0.2) is 0 Å². The molecule has 0 radical (unpaired) electrons. The number of carbonyl (C=O) groups excluding carboxylic acids is 1. The summed E-state index contributed by atoms with van der Waals surface area (Å²) < 4.78 is 0. The van der Waals surface area contributed by atoms with Crippen LogP contribution >= 0.6 is 0 Å². The van der Waals surface area contributed by atoms with Gasteiger partial charge in [0.05, 0.1) is 5.69 Å². The zero-order valence-corrected chi connectivity index (χ0v) is 11.3. The molecule has 0 fully saturated rings. The molecule has 0 unspecified atom stereocenters. The highest BCUT2D eigenvalue weighted by atomic mass is 16.2. The maximum absolute atomic E-state index is 12.1. The van der Waals surface area contributed by atoms with E-state index in [9.17, 15) is 4.79 Å². The first-order valence-electron chi connectivity index (χ1n) is 6.19. The Morgan fingerprint density at radius 2 is 1.58 bits per heavy atom. The average Bonchev–Trinajstić information content (AvgIpc) is 2.46. The van der Waals surface area contributed by atoms with Crippen molar-refractivity contribution < 1.29 is 4.79 Å². The van der Waals surface area contributed by atoms with Crippen molar-refractivity contribution in [3.8, 4) is 11.1 Å². The molecule has 0 bridgehead atoms. The van der Waals surface area contributed by atoms with E-state index >= 15 is 0 Å². The molecule has 0 atom stereocenters. The molecule has 0 saturated heterocycles. The van der Waals surface area contributed by atoms with Crippen LogP contribution in [0.25, 0.3) is 11.1 Å². The Morgan fingerprint density at radius 3 is 2.21 bits per heavy atom. The Balaban J connectivity index is 2.48. The molecule has 0 spiro atoms. The third kappa shape index (κ3) is 2.74. The topological polar surface area (TPSA) is 20.3 Å². The van der Waals surface area contributed by atoms with Crippen LogP contribution in [-0.2, 0) is 4.79 Å². The van der Waals surface area contributed by atoms with E-state index in [4.69, 9.17) is 0 Å². The highest BCUT2D eigenvalue weighted by Crippen LogP contribution is 2.30. The van der Waals surface area contributed by atoms with Gasteiger partial charge in [-0.15, -0.1) is 0 Å². The second kappa shape index (κ2) is 5.53. The molecule has 0 saturated carbocycles. The molecular formula is C17H17NO. The number of para-hydroxylation sites is 1. The molecule has 96 valence electrons. The van der Waals surface area contributed by atoms with Gasteiger partial charge in [0.1, 0.15) is 0 Å². The first-order chi connectivity index (χ1) is 9.11. The summed E-state index contributed by atoms with van der Waals surface area (Å²) in [6.45, 7) is 5.44. The molecule has 2 aromatic carbocycles. The van der Waals surface area contributed by atoms with E-state index in [0.717, 1.165) is 16.8 Å². The van der Waals surface area contributed by atoms with Crippen LogP contribution in [0.2, 0.25) is 0 Å². The largest absolute Gasteiger partial charge is 0.311 e. The number of hydrogen-bond donors (Lipinski definition) is 0.